The van der Waals surface area contributed by atoms with Crippen LogP contribution in [0.15, 0.2) is 94.4 Å². The molecule has 0 saturated carbocycles. The molecule has 1 aliphatic rings. The largest absolute Gasteiger partial charge is 0.497 e. The fourth-order valence-corrected chi connectivity index (χ4v) is 5.37. The molecule has 0 saturated heterocycles. The van der Waals surface area contributed by atoms with Crippen LogP contribution in [0.25, 0.3) is 21.0 Å². The number of benzene rings is 3. The third kappa shape index (κ3) is 3.95. The van der Waals surface area contributed by atoms with E-state index in [9.17, 15) is 9.59 Å². The number of carbonyl (C=O) groups is 1. The molecule has 1 unspecified atom stereocenters. The number of fused-ring (bicyclic) bond motifs is 2. The second kappa shape index (κ2) is 9.05. The van der Waals surface area contributed by atoms with Crippen LogP contribution < -0.4 is 10.3 Å². The van der Waals surface area contributed by atoms with E-state index in [1.54, 1.807) is 13.2 Å². The minimum absolute atomic E-state index is 0.138. The molecule has 178 valence electrons. The van der Waals surface area contributed by atoms with Crippen LogP contribution in [-0.4, -0.2) is 33.3 Å². The van der Waals surface area contributed by atoms with E-state index in [1.165, 1.54) is 27.2 Å². The van der Waals surface area contributed by atoms with Gasteiger partial charge < -0.3 is 4.74 Å². The Kier molecular flexibility index (Phi) is 5.58. The highest BCUT2D eigenvalue weighted by Gasteiger charge is 2.33. The number of hydrogen-bond donors (Lipinski definition) is 0. The Bertz CT molecular complexity index is 1690. The normalized spacial score (nSPS) is 15.4. The molecule has 0 radical (unpaired) electrons. The fraction of sp³-hybridized carbons (Fsp3) is 0.143. The van der Waals surface area contributed by atoms with Crippen LogP contribution in [0.2, 0.25) is 0 Å². The smallest absolute Gasteiger partial charge is 0.271 e. The molecule has 36 heavy (non-hydrogen) atoms. The van der Waals surface area contributed by atoms with Crippen molar-refractivity contribution in [3.8, 4) is 5.75 Å². The summed E-state index contributed by atoms with van der Waals surface area (Å²) in [6, 6.07) is 23.5. The van der Waals surface area contributed by atoms with Gasteiger partial charge in [0.25, 0.3) is 11.5 Å². The molecule has 3 heterocycles. The molecular formula is C28H22N4O3S. The third-order valence-electron chi connectivity index (χ3n) is 6.49. The van der Waals surface area contributed by atoms with Crippen molar-refractivity contribution in [1.29, 1.82) is 0 Å². The quantitative estimate of drug-likeness (QED) is 0.345. The van der Waals surface area contributed by atoms with E-state index in [2.05, 4.69) is 29.2 Å². The zero-order valence-corrected chi connectivity index (χ0v) is 20.3. The van der Waals surface area contributed by atoms with Gasteiger partial charge in [-0.15, -0.1) is 11.3 Å². The summed E-state index contributed by atoms with van der Waals surface area (Å²) >= 11 is 1.33. The molecule has 6 rings (SSSR count). The monoisotopic (exact) mass is 494 g/mol. The number of carbonyl (C=O) groups excluding carboxylic acids is 1. The molecule has 1 amide bonds. The highest BCUT2D eigenvalue weighted by Crippen LogP contribution is 2.34. The lowest BCUT2D eigenvalue weighted by Crippen LogP contribution is -2.33. The van der Waals surface area contributed by atoms with Gasteiger partial charge in [-0.2, -0.15) is 5.10 Å². The van der Waals surface area contributed by atoms with Crippen molar-refractivity contribution in [2.24, 2.45) is 5.10 Å². The minimum Gasteiger partial charge on any atom is -0.497 e. The fourth-order valence-electron chi connectivity index (χ4n) is 4.58. The van der Waals surface area contributed by atoms with Crippen LogP contribution in [0.4, 0.5) is 0 Å². The van der Waals surface area contributed by atoms with Gasteiger partial charge in [-0.05, 0) is 51.5 Å². The predicted molar refractivity (Wildman–Crippen MR) is 142 cm³/mol. The maximum Gasteiger partial charge on any atom is 0.271 e. The molecule has 8 heteroatoms. The van der Waals surface area contributed by atoms with Gasteiger partial charge in [-0.3, -0.25) is 14.2 Å². The number of hydrogen-bond acceptors (Lipinski definition) is 6. The van der Waals surface area contributed by atoms with Crippen LogP contribution in [0, 0.1) is 0 Å². The van der Waals surface area contributed by atoms with Gasteiger partial charge in [-0.1, -0.05) is 48.5 Å². The molecule has 0 fully saturated rings. The van der Waals surface area contributed by atoms with Crippen LogP contribution in [-0.2, 0) is 11.3 Å². The number of aromatic nitrogens is 2. The molecule has 2 aromatic heterocycles. The number of ether oxygens (including phenoxy) is 1. The van der Waals surface area contributed by atoms with Gasteiger partial charge in [0.2, 0.25) is 0 Å². The van der Waals surface area contributed by atoms with Crippen LogP contribution in [0.5, 0.6) is 5.75 Å². The lowest BCUT2D eigenvalue weighted by Gasteiger charge is -2.22. The summed E-state index contributed by atoms with van der Waals surface area (Å²) < 4.78 is 7.20. The first-order chi connectivity index (χ1) is 17.6. The molecule has 1 aliphatic heterocycles. The first-order valence-corrected chi connectivity index (χ1v) is 12.4. The summed E-state index contributed by atoms with van der Waals surface area (Å²) in [6.07, 6.45) is 2.00. The minimum atomic E-state index is -0.293. The molecule has 0 aliphatic carbocycles. The number of thiophene rings is 1. The van der Waals surface area contributed by atoms with E-state index in [4.69, 9.17) is 9.84 Å². The molecule has 5 aromatic rings. The van der Waals surface area contributed by atoms with Gasteiger partial charge in [-0.25, -0.2) is 9.99 Å². The number of rotatable bonds is 5. The van der Waals surface area contributed by atoms with Gasteiger partial charge >= 0.3 is 0 Å². The summed E-state index contributed by atoms with van der Waals surface area (Å²) in [6.45, 7) is -0.138. The Morgan fingerprint density at radius 1 is 1.06 bits per heavy atom. The van der Waals surface area contributed by atoms with E-state index in [1.807, 2.05) is 47.8 Å². The summed E-state index contributed by atoms with van der Waals surface area (Å²) in [5.74, 6) is 0.471. The van der Waals surface area contributed by atoms with Crippen LogP contribution in [0.3, 0.4) is 0 Å². The summed E-state index contributed by atoms with van der Waals surface area (Å²) in [4.78, 5) is 30.8. The van der Waals surface area contributed by atoms with Crippen LogP contribution >= 0.6 is 11.3 Å². The van der Waals surface area contributed by atoms with Gasteiger partial charge in [0, 0.05) is 6.42 Å². The Morgan fingerprint density at radius 2 is 1.86 bits per heavy atom. The Labute approximate surface area is 210 Å². The molecule has 0 spiro atoms. The first-order valence-electron chi connectivity index (χ1n) is 11.6. The van der Waals surface area contributed by atoms with E-state index >= 15 is 0 Å². The van der Waals surface area contributed by atoms with Crippen molar-refractivity contribution in [3.05, 3.63) is 106 Å². The lowest BCUT2D eigenvalue weighted by atomic mass is 9.97. The molecule has 1 atom stereocenters. The molecule has 3 aromatic carbocycles. The predicted octanol–water partition coefficient (Wildman–Crippen LogP) is 5.00. The maximum atomic E-state index is 13.5. The highest BCUT2D eigenvalue weighted by atomic mass is 32.1. The van der Waals surface area contributed by atoms with Gasteiger partial charge in [0.05, 0.1) is 30.7 Å². The SMILES string of the molecule is COc1ccc(C2CC(c3ccc4ccccc4c3)=NN2C(=O)Cn2cnc3ccsc3c2=O)cc1. The van der Waals surface area contributed by atoms with Crippen molar-refractivity contribution in [3.63, 3.8) is 0 Å². The lowest BCUT2D eigenvalue weighted by molar-refractivity contribution is -0.133. The Balaban J connectivity index is 1.37. The highest BCUT2D eigenvalue weighted by molar-refractivity contribution is 7.17. The van der Waals surface area contributed by atoms with Crippen molar-refractivity contribution in [1.82, 2.24) is 14.6 Å². The number of amides is 1. The number of methoxy groups -OCH3 is 1. The first kappa shape index (κ1) is 22.2. The summed E-state index contributed by atoms with van der Waals surface area (Å²) in [5, 5.41) is 10.4. The standard InChI is InChI=1S/C28H22N4O3S/c1-35-22-10-8-19(9-11-22)25-15-24(21-7-6-18-4-2-3-5-20(18)14-21)30-32(25)26(33)16-31-17-29-23-12-13-36-27(23)28(31)34/h2-14,17,25H,15-16H2,1H3. The zero-order chi connectivity index (χ0) is 24.6. The van der Waals surface area contributed by atoms with Crippen molar-refractivity contribution in [2.75, 3.05) is 7.11 Å². The third-order valence-corrected chi connectivity index (χ3v) is 7.38. The zero-order valence-electron chi connectivity index (χ0n) is 19.5. The number of hydrazone groups is 1. The average Bonchev–Trinajstić information content (AvgIpc) is 3.58. The second-order valence-corrected chi connectivity index (χ2v) is 9.57. The average molecular weight is 495 g/mol. The van der Waals surface area contributed by atoms with E-state index in [-0.39, 0.29) is 24.1 Å². The number of nitrogens with zero attached hydrogens (tertiary/aromatic N) is 4. The molecule has 7 nitrogen and oxygen atoms in total. The Hall–Kier alpha value is -4.30. The van der Waals surface area contributed by atoms with Crippen molar-refractivity contribution < 1.29 is 9.53 Å². The maximum absolute atomic E-state index is 13.5. The van der Waals surface area contributed by atoms with E-state index in [0.717, 1.165) is 33.4 Å². The molecule has 0 N–H and O–H groups in total. The van der Waals surface area contributed by atoms with Gasteiger partial charge in [0.15, 0.2) is 0 Å². The van der Waals surface area contributed by atoms with Gasteiger partial charge in [0.1, 0.15) is 17.0 Å². The summed E-state index contributed by atoms with van der Waals surface area (Å²) in [7, 11) is 1.62. The molecule has 0 bridgehead atoms. The van der Waals surface area contributed by atoms with Crippen molar-refractivity contribution in [2.45, 2.75) is 19.0 Å². The Morgan fingerprint density at radius 3 is 2.67 bits per heavy atom. The topological polar surface area (TPSA) is 76.8 Å². The molecular weight excluding hydrogens is 472 g/mol. The van der Waals surface area contributed by atoms with E-state index < -0.39 is 0 Å². The van der Waals surface area contributed by atoms with Crippen LogP contribution in [0.1, 0.15) is 23.6 Å². The summed E-state index contributed by atoms with van der Waals surface area (Å²) in [5.41, 5.74) is 3.17. The second-order valence-electron chi connectivity index (χ2n) is 8.65. The van der Waals surface area contributed by atoms with Crippen molar-refractivity contribution >= 4 is 43.9 Å². The van der Waals surface area contributed by atoms with E-state index in [0.29, 0.717) is 16.6 Å².